The highest BCUT2D eigenvalue weighted by molar-refractivity contribution is 7.13. The second-order valence-electron chi connectivity index (χ2n) is 6.38. The fraction of sp³-hybridized carbons (Fsp3) is 0.0500. The molecule has 3 aromatic heterocycles. The minimum atomic E-state index is -0.429. The van der Waals surface area contributed by atoms with Gasteiger partial charge in [-0.2, -0.15) is 10.4 Å². The summed E-state index contributed by atoms with van der Waals surface area (Å²) in [4.78, 5) is 20.9. The molecule has 1 aromatic carbocycles. The Morgan fingerprint density at radius 1 is 1.25 bits per heavy atom. The van der Waals surface area contributed by atoms with Crippen LogP contribution in [0.4, 0.5) is 0 Å². The summed E-state index contributed by atoms with van der Waals surface area (Å²) < 4.78 is 0. The summed E-state index contributed by atoms with van der Waals surface area (Å²) >= 11 is 1.34. The Morgan fingerprint density at radius 3 is 2.96 bits per heavy atom. The van der Waals surface area contributed by atoms with Gasteiger partial charge in [0.1, 0.15) is 10.9 Å². The molecule has 0 aliphatic heterocycles. The highest BCUT2D eigenvalue weighted by Crippen LogP contribution is 2.39. The van der Waals surface area contributed by atoms with Crippen LogP contribution in [0, 0.1) is 16.7 Å². The van der Waals surface area contributed by atoms with Gasteiger partial charge in [-0.05, 0) is 23.8 Å². The number of nitriles is 1. The molecule has 0 saturated heterocycles. The number of hydrogen-bond donors (Lipinski definition) is 3. The quantitative estimate of drug-likeness (QED) is 0.491. The molecule has 7 nitrogen and oxygen atoms in total. The lowest BCUT2D eigenvalue weighted by Gasteiger charge is -2.24. The first-order valence-corrected chi connectivity index (χ1v) is 9.30. The highest BCUT2D eigenvalue weighted by atomic mass is 32.1. The molecule has 1 unspecified atom stereocenters. The zero-order valence-electron chi connectivity index (χ0n) is 14.4. The molecule has 3 heterocycles. The summed E-state index contributed by atoms with van der Waals surface area (Å²) in [5.74, 6) is -0.429. The number of aromatic amines is 2. The Balaban J connectivity index is 1.79. The standard InChI is InChI=1S/C20H12N6OS/c21-7-10-4-5-16(28-10)13-6-12(11-2-1-3-15-14(11)8-25-26-15)18(22)17-19(13)23-9-24-20(17)27/h1-6,8-9,12,22H,(H,25,26)(H,23,24,27). The topological polar surface area (TPSA) is 122 Å². The summed E-state index contributed by atoms with van der Waals surface area (Å²) in [7, 11) is 0. The number of H-pyrrole nitrogens is 2. The summed E-state index contributed by atoms with van der Waals surface area (Å²) in [6.45, 7) is 0. The number of rotatable bonds is 2. The molecule has 0 saturated carbocycles. The molecule has 3 N–H and O–H groups in total. The normalized spacial score (nSPS) is 15.9. The maximum atomic E-state index is 12.6. The number of hydrogen-bond acceptors (Lipinski definition) is 6. The third kappa shape index (κ3) is 2.34. The monoisotopic (exact) mass is 384 g/mol. The number of fused-ring (bicyclic) bond motifs is 2. The molecule has 0 amide bonds. The van der Waals surface area contributed by atoms with Gasteiger partial charge in [-0.25, -0.2) is 4.98 Å². The van der Waals surface area contributed by atoms with Gasteiger partial charge in [-0.1, -0.05) is 18.2 Å². The lowest BCUT2D eigenvalue weighted by Crippen LogP contribution is -2.28. The van der Waals surface area contributed by atoms with Gasteiger partial charge < -0.3 is 10.4 Å². The lowest BCUT2D eigenvalue weighted by molar-refractivity contribution is 1.03. The first-order chi connectivity index (χ1) is 13.7. The van der Waals surface area contributed by atoms with Crippen LogP contribution in [0.15, 0.2) is 53.7 Å². The smallest absolute Gasteiger partial charge is 0.260 e. The number of allylic oxidation sites excluding steroid dienone is 1. The molecule has 1 atom stereocenters. The fourth-order valence-corrected chi connectivity index (χ4v) is 4.42. The van der Waals surface area contributed by atoms with Crippen LogP contribution in [0.25, 0.3) is 16.5 Å². The molecule has 0 radical (unpaired) electrons. The third-order valence-electron chi connectivity index (χ3n) is 4.86. The first kappa shape index (κ1) is 16.4. The van der Waals surface area contributed by atoms with Crippen molar-refractivity contribution in [3.05, 3.63) is 85.9 Å². The van der Waals surface area contributed by atoms with Crippen LogP contribution < -0.4 is 5.56 Å². The second-order valence-corrected chi connectivity index (χ2v) is 7.46. The van der Waals surface area contributed by atoms with E-state index in [4.69, 9.17) is 5.41 Å². The van der Waals surface area contributed by atoms with E-state index in [2.05, 4.69) is 26.2 Å². The van der Waals surface area contributed by atoms with Crippen molar-refractivity contribution in [3.63, 3.8) is 0 Å². The predicted octanol–water partition coefficient (Wildman–Crippen LogP) is 3.18. The number of nitrogens with one attached hydrogen (secondary N) is 3. The summed E-state index contributed by atoms with van der Waals surface area (Å²) in [6.07, 6.45) is 5.03. The molecule has 4 aromatic rings. The number of benzene rings is 1. The molecule has 5 rings (SSSR count). The summed E-state index contributed by atoms with van der Waals surface area (Å²) in [5, 5.41) is 25.9. The second kappa shape index (κ2) is 6.11. The van der Waals surface area contributed by atoms with E-state index in [9.17, 15) is 10.1 Å². The average Bonchev–Trinajstić information content (AvgIpc) is 3.37. The van der Waals surface area contributed by atoms with Crippen molar-refractivity contribution in [1.29, 1.82) is 10.7 Å². The third-order valence-corrected chi connectivity index (χ3v) is 5.88. The Hall–Kier alpha value is -3.83. The molecule has 0 bridgehead atoms. The van der Waals surface area contributed by atoms with Crippen LogP contribution in [-0.4, -0.2) is 25.9 Å². The first-order valence-electron chi connectivity index (χ1n) is 8.48. The fourth-order valence-electron chi connectivity index (χ4n) is 3.59. The highest BCUT2D eigenvalue weighted by Gasteiger charge is 2.31. The Kier molecular flexibility index (Phi) is 3.57. The van der Waals surface area contributed by atoms with E-state index in [1.54, 1.807) is 12.3 Å². The molecule has 0 fully saturated rings. The molecule has 1 aliphatic carbocycles. The number of aromatic nitrogens is 4. The molecular formula is C20H12N6OS. The van der Waals surface area contributed by atoms with Crippen LogP contribution in [0.3, 0.4) is 0 Å². The van der Waals surface area contributed by atoms with Crippen LogP contribution >= 0.6 is 11.3 Å². The number of nitrogens with zero attached hydrogens (tertiary/aromatic N) is 3. The Morgan fingerprint density at radius 2 is 2.14 bits per heavy atom. The van der Waals surface area contributed by atoms with Gasteiger partial charge in [-0.3, -0.25) is 9.89 Å². The Labute approximate surface area is 162 Å². The maximum absolute atomic E-state index is 12.6. The van der Waals surface area contributed by atoms with Crippen molar-refractivity contribution in [2.45, 2.75) is 5.92 Å². The molecule has 28 heavy (non-hydrogen) atoms. The van der Waals surface area contributed by atoms with Gasteiger partial charge in [0.05, 0.1) is 35.0 Å². The maximum Gasteiger partial charge on any atom is 0.260 e. The van der Waals surface area contributed by atoms with Crippen LogP contribution in [0.1, 0.15) is 32.5 Å². The summed E-state index contributed by atoms with van der Waals surface area (Å²) in [5.41, 5.74) is 3.09. The van der Waals surface area contributed by atoms with E-state index < -0.39 is 5.92 Å². The molecule has 1 aliphatic rings. The Bertz CT molecular complexity index is 1380. The molecule has 8 heteroatoms. The van der Waals surface area contributed by atoms with Crippen molar-refractivity contribution in [1.82, 2.24) is 20.2 Å². The van der Waals surface area contributed by atoms with E-state index in [0.717, 1.165) is 26.9 Å². The van der Waals surface area contributed by atoms with Crippen molar-refractivity contribution < 1.29 is 0 Å². The van der Waals surface area contributed by atoms with Gasteiger partial charge in [0.15, 0.2) is 0 Å². The van der Waals surface area contributed by atoms with Crippen LogP contribution in [-0.2, 0) is 0 Å². The SMILES string of the molecule is N#Cc1ccc(C2=CC(c3cccc4[nH]ncc34)C(=N)c3c2nc[nH]c3=O)s1. The van der Waals surface area contributed by atoms with Crippen molar-refractivity contribution in [2.75, 3.05) is 0 Å². The van der Waals surface area contributed by atoms with Crippen LogP contribution in [0.2, 0.25) is 0 Å². The zero-order chi connectivity index (χ0) is 19.3. The predicted molar refractivity (Wildman–Crippen MR) is 107 cm³/mol. The van der Waals surface area contributed by atoms with E-state index in [0.29, 0.717) is 10.6 Å². The minimum absolute atomic E-state index is 0.193. The van der Waals surface area contributed by atoms with Gasteiger partial charge in [0, 0.05) is 21.8 Å². The van der Waals surface area contributed by atoms with Crippen LogP contribution in [0.5, 0.6) is 0 Å². The van der Waals surface area contributed by atoms with Gasteiger partial charge in [0.25, 0.3) is 5.56 Å². The molecule has 0 spiro atoms. The molecular weight excluding hydrogens is 372 g/mol. The van der Waals surface area contributed by atoms with E-state index >= 15 is 0 Å². The van der Waals surface area contributed by atoms with E-state index in [-0.39, 0.29) is 16.8 Å². The minimum Gasteiger partial charge on any atom is -0.313 e. The van der Waals surface area contributed by atoms with Gasteiger partial charge in [-0.15, -0.1) is 11.3 Å². The molecule has 134 valence electrons. The number of thiophene rings is 1. The lowest BCUT2D eigenvalue weighted by atomic mass is 9.81. The van der Waals surface area contributed by atoms with Gasteiger partial charge in [0.2, 0.25) is 0 Å². The van der Waals surface area contributed by atoms with Crippen molar-refractivity contribution >= 4 is 33.5 Å². The largest absolute Gasteiger partial charge is 0.313 e. The van der Waals surface area contributed by atoms with E-state index in [1.165, 1.54) is 17.7 Å². The summed E-state index contributed by atoms with van der Waals surface area (Å²) in [6, 6.07) is 11.5. The van der Waals surface area contributed by atoms with Crippen molar-refractivity contribution in [3.8, 4) is 6.07 Å². The zero-order valence-corrected chi connectivity index (χ0v) is 15.2. The average molecular weight is 384 g/mol. The van der Waals surface area contributed by atoms with E-state index in [1.807, 2.05) is 30.3 Å². The van der Waals surface area contributed by atoms with Crippen molar-refractivity contribution in [2.24, 2.45) is 0 Å². The van der Waals surface area contributed by atoms with Gasteiger partial charge >= 0.3 is 0 Å².